The molecule has 0 aromatic heterocycles. The summed E-state index contributed by atoms with van der Waals surface area (Å²) < 4.78 is 5.99. The zero-order valence-electron chi connectivity index (χ0n) is 8.98. The maximum Gasteiger partial charge on any atom is 0.307 e. The van der Waals surface area contributed by atoms with Gasteiger partial charge < -0.3 is 10.5 Å². The molecule has 0 heterocycles. The van der Waals surface area contributed by atoms with Crippen LogP contribution in [0.1, 0.15) is 24.9 Å². The van der Waals surface area contributed by atoms with Crippen LogP contribution in [0.15, 0.2) is 24.3 Å². The molecule has 0 fully saturated rings. The normalized spacial score (nSPS) is 11.4. The molecule has 90 valence electrons. The highest BCUT2D eigenvalue weighted by Crippen LogP contribution is 2.16. The highest BCUT2D eigenvalue weighted by molar-refractivity contribution is 14.1. The van der Waals surface area contributed by atoms with Crippen molar-refractivity contribution in [3.8, 4) is 0 Å². The Morgan fingerprint density at radius 2 is 2.00 bits per heavy atom. The van der Waals surface area contributed by atoms with Gasteiger partial charge in [0.05, 0.1) is 13.0 Å². The lowest BCUT2D eigenvalue weighted by atomic mass is 10.1. The largest absolute Gasteiger partial charge is 0.466 e. The summed E-state index contributed by atoms with van der Waals surface area (Å²) in [5, 5.41) is 0. The van der Waals surface area contributed by atoms with Crippen molar-refractivity contribution in [3.63, 3.8) is 0 Å². The number of carbonyl (C=O) groups excluding carboxylic acids is 1. The molecular formula is C11H15ClINO2. The van der Waals surface area contributed by atoms with Crippen LogP contribution in [0.3, 0.4) is 0 Å². The summed E-state index contributed by atoms with van der Waals surface area (Å²) in [5.41, 5.74) is 6.83. The second-order valence-corrected chi connectivity index (χ2v) is 4.41. The number of hydrogen-bond donors (Lipinski definition) is 1. The van der Waals surface area contributed by atoms with Gasteiger partial charge in [-0.05, 0) is 47.2 Å². The van der Waals surface area contributed by atoms with Crippen LogP contribution in [-0.2, 0) is 9.53 Å². The summed E-state index contributed by atoms with van der Waals surface area (Å²) in [4.78, 5) is 11.2. The van der Waals surface area contributed by atoms with Crippen LogP contribution in [0.4, 0.5) is 0 Å². The van der Waals surface area contributed by atoms with E-state index in [0.29, 0.717) is 6.61 Å². The Hall–Kier alpha value is -0.330. The van der Waals surface area contributed by atoms with Crippen LogP contribution in [0.25, 0.3) is 0 Å². The Kier molecular flexibility index (Phi) is 7.70. The Balaban J connectivity index is 0.00000225. The summed E-state index contributed by atoms with van der Waals surface area (Å²) in [5.74, 6) is -0.247. The van der Waals surface area contributed by atoms with Crippen molar-refractivity contribution in [2.45, 2.75) is 19.4 Å². The fourth-order valence-electron chi connectivity index (χ4n) is 1.23. The fourth-order valence-corrected chi connectivity index (χ4v) is 1.59. The molecule has 0 aliphatic rings. The van der Waals surface area contributed by atoms with E-state index in [-0.39, 0.29) is 30.8 Å². The first-order valence-corrected chi connectivity index (χ1v) is 5.88. The van der Waals surface area contributed by atoms with Crippen molar-refractivity contribution in [1.29, 1.82) is 0 Å². The van der Waals surface area contributed by atoms with Gasteiger partial charge in [-0.15, -0.1) is 12.4 Å². The van der Waals surface area contributed by atoms with E-state index in [9.17, 15) is 4.79 Å². The Bertz CT molecular complexity index is 329. The molecule has 3 nitrogen and oxygen atoms in total. The molecular weight excluding hydrogens is 340 g/mol. The van der Waals surface area contributed by atoms with E-state index in [2.05, 4.69) is 22.6 Å². The second-order valence-electron chi connectivity index (χ2n) is 3.17. The first-order chi connectivity index (χ1) is 7.13. The summed E-state index contributed by atoms with van der Waals surface area (Å²) in [7, 11) is 0. The Labute approximate surface area is 115 Å². The third-order valence-corrected chi connectivity index (χ3v) is 2.71. The zero-order valence-corrected chi connectivity index (χ0v) is 12.0. The molecule has 2 N–H and O–H groups in total. The smallest absolute Gasteiger partial charge is 0.307 e. The van der Waals surface area contributed by atoms with E-state index in [1.165, 1.54) is 0 Å². The van der Waals surface area contributed by atoms with Crippen LogP contribution < -0.4 is 5.73 Å². The van der Waals surface area contributed by atoms with Gasteiger partial charge in [0.15, 0.2) is 0 Å². The summed E-state index contributed by atoms with van der Waals surface area (Å²) in [6.45, 7) is 2.19. The summed E-state index contributed by atoms with van der Waals surface area (Å²) in [6.07, 6.45) is 0.231. The van der Waals surface area contributed by atoms with Crippen molar-refractivity contribution >= 4 is 41.0 Å². The van der Waals surface area contributed by atoms with Crippen molar-refractivity contribution in [1.82, 2.24) is 0 Å². The molecule has 0 bridgehead atoms. The molecule has 5 heteroatoms. The average molecular weight is 356 g/mol. The minimum Gasteiger partial charge on any atom is -0.466 e. The SMILES string of the molecule is CCOC(=O)C[C@H](N)c1ccc(I)cc1.Cl. The molecule has 0 unspecified atom stereocenters. The van der Waals surface area contributed by atoms with E-state index < -0.39 is 0 Å². The number of halogens is 2. The summed E-state index contributed by atoms with van der Waals surface area (Å²) in [6, 6.07) is 7.54. The van der Waals surface area contributed by atoms with Crippen LogP contribution >= 0.6 is 35.0 Å². The van der Waals surface area contributed by atoms with Crippen LogP contribution in [0, 0.1) is 3.57 Å². The fraction of sp³-hybridized carbons (Fsp3) is 0.364. The van der Waals surface area contributed by atoms with Crippen molar-refractivity contribution in [3.05, 3.63) is 33.4 Å². The van der Waals surface area contributed by atoms with Gasteiger partial charge in [-0.2, -0.15) is 0 Å². The average Bonchev–Trinajstić information content (AvgIpc) is 2.18. The monoisotopic (exact) mass is 355 g/mol. The predicted molar refractivity (Wildman–Crippen MR) is 74.6 cm³/mol. The van der Waals surface area contributed by atoms with Gasteiger partial charge in [0.1, 0.15) is 0 Å². The van der Waals surface area contributed by atoms with E-state index in [0.717, 1.165) is 9.13 Å². The molecule has 0 saturated carbocycles. The second kappa shape index (κ2) is 7.86. The predicted octanol–water partition coefficient (Wildman–Crippen LogP) is 2.67. The highest BCUT2D eigenvalue weighted by atomic mass is 127. The van der Waals surface area contributed by atoms with Gasteiger partial charge in [0, 0.05) is 9.61 Å². The van der Waals surface area contributed by atoms with Gasteiger partial charge >= 0.3 is 5.97 Å². The van der Waals surface area contributed by atoms with Crippen LogP contribution in [0.5, 0.6) is 0 Å². The highest BCUT2D eigenvalue weighted by Gasteiger charge is 2.11. The molecule has 0 radical (unpaired) electrons. The molecule has 1 aromatic carbocycles. The van der Waals surface area contributed by atoms with E-state index >= 15 is 0 Å². The van der Waals surface area contributed by atoms with E-state index in [1.54, 1.807) is 6.92 Å². The zero-order chi connectivity index (χ0) is 11.3. The van der Waals surface area contributed by atoms with Crippen molar-refractivity contribution in [2.24, 2.45) is 5.73 Å². The van der Waals surface area contributed by atoms with Crippen LogP contribution in [-0.4, -0.2) is 12.6 Å². The number of carbonyl (C=O) groups is 1. The maximum atomic E-state index is 11.2. The third kappa shape index (κ3) is 5.14. The summed E-state index contributed by atoms with van der Waals surface area (Å²) >= 11 is 2.23. The quantitative estimate of drug-likeness (QED) is 0.667. The number of hydrogen-bond acceptors (Lipinski definition) is 3. The van der Waals surface area contributed by atoms with Crippen LogP contribution in [0.2, 0.25) is 0 Å². The lowest BCUT2D eigenvalue weighted by Crippen LogP contribution is -2.17. The minimum absolute atomic E-state index is 0. The van der Waals surface area contributed by atoms with Gasteiger partial charge in [0.25, 0.3) is 0 Å². The first kappa shape index (κ1) is 15.7. The van der Waals surface area contributed by atoms with Crippen molar-refractivity contribution < 1.29 is 9.53 Å². The molecule has 0 aliphatic carbocycles. The van der Waals surface area contributed by atoms with Crippen molar-refractivity contribution in [2.75, 3.05) is 6.61 Å². The Morgan fingerprint density at radius 3 is 2.50 bits per heavy atom. The van der Waals surface area contributed by atoms with Gasteiger partial charge in [0.2, 0.25) is 0 Å². The number of benzene rings is 1. The molecule has 0 amide bonds. The van der Waals surface area contributed by atoms with Gasteiger partial charge in [-0.1, -0.05) is 12.1 Å². The number of ether oxygens (including phenoxy) is 1. The van der Waals surface area contributed by atoms with E-state index in [1.807, 2.05) is 24.3 Å². The van der Waals surface area contributed by atoms with Gasteiger partial charge in [-0.25, -0.2) is 0 Å². The van der Waals surface area contributed by atoms with E-state index in [4.69, 9.17) is 10.5 Å². The topological polar surface area (TPSA) is 52.3 Å². The molecule has 16 heavy (non-hydrogen) atoms. The molecule has 1 rings (SSSR count). The third-order valence-electron chi connectivity index (χ3n) is 1.99. The molecule has 0 aliphatic heterocycles. The Morgan fingerprint density at radius 1 is 1.44 bits per heavy atom. The first-order valence-electron chi connectivity index (χ1n) is 4.80. The molecule has 1 aromatic rings. The number of rotatable bonds is 4. The maximum absolute atomic E-state index is 11.2. The minimum atomic E-state index is -0.277. The molecule has 0 spiro atoms. The number of esters is 1. The molecule has 0 saturated heterocycles. The number of nitrogens with two attached hydrogens (primary N) is 1. The van der Waals surface area contributed by atoms with Gasteiger partial charge in [-0.3, -0.25) is 4.79 Å². The standard InChI is InChI=1S/C11H14INO2.ClH/c1-2-15-11(14)7-10(13)8-3-5-9(12)6-4-8;/h3-6,10H,2,7,13H2,1H3;1H/t10-;/m0./s1. The lowest BCUT2D eigenvalue weighted by Gasteiger charge is -2.11. The lowest BCUT2D eigenvalue weighted by molar-refractivity contribution is -0.143. The molecule has 1 atom stereocenters.